The van der Waals surface area contributed by atoms with Crippen LogP contribution in [0.25, 0.3) is 99.3 Å². The Hall–Kier alpha value is -7.04. The molecule has 4 heteroatoms. The Bertz CT molecular complexity index is 3170. The Kier molecular flexibility index (Phi) is 6.22. The van der Waals surface area contributed by atoms with Crippen LogP contribution in [0.4, 0.5) is 0 Å². The molecule has 0 saturated carbocycles. The number of aromatic nitrogens is 4. The average molecular weight is 663 g/mol. The molecule has 0 unspecified atom stereocenters. The maximum atomic E-state index is 5.34. The summed E-state index contributed by atoms with van der Waals surface area (Å²) in [6.45, 7) is 0. The largest absolute Gasteiger partial charge is 0.309 e. The molecule has 0 atom stereocenters. The first kappa shape index (κ1) is 28.8. The second kappa shape index (κ2) is 11.2. The van der Waals surface area contributed by atoms with E-state index in [9.17, 15) is 0 Å². The highest BCUT2D eigenvalue weighted by atomic mass is 15.2. The predicted molar refractivity (Wildman–Crippen MR) is 217 cm³/mol. The molecule has 0 aliphatic rings. The summed E-state index contributed by atoms with van der Waals surface area (Å²) in [4.78, 5) is 10.6. The van der Waals surface area contributed by atoms with Gasteiger partial charge in [-0.15, -0.1) is 0 Å². The topological polar surface area (TPSA) is 35.6 Å². The third-order valence-electron chi connectivity index (χ3n) is 10.5. The Balaban J connectivity index is 1.27. The lowest BCUT2D eigenvalue weighted by atomic mass is 10.0. The number of rotatable bonds is 4. The van der Waals surface area contributed by atoms with Gasteiger partial charge in [-0.2, -0.15) is 0 Å². The first-order chi connectivity index (χ1) is 25.8. The normalized spacial score (nSPS) is 11.8. The summed E-state index contributed by atoms with van der Waals surface area (Å²) in [5, 5.41) is 8.29. The SMILES string of the molecule is c1ccc(-c2cccc(-n3c4ccc5c(c6ccccc6n5-c5nc(-c6ccccc6)c6ccccc6n5)c4c4ccc5ccccc5c43)c2)cc1. The van der Waals surface area contributed by atoms with Crippen molar-refractivity contribution >= 4 is 65.3 Å². The number of benzene rings is 8. The van der Waals surface area contributed by atoms with Crippen LogP contribution in [0.3, 0.4) is 0 Å². The summed E-state index contributed by atoms with van der Waals surface area (Å²) in [5.41, 5.74) is 10.9. The van der Waals surface area contributed by atoms with E-state index in [0.717, 1.165) is 44.4 Å². The van der Waals surface area contributed by atoms with Crippen LogP contribution < -0.4 is 0 Å². The molecule has 11 aromatic rings. The van der Waals surface area contributed by atoms with E-state index in [4.69, 9.17) is 9.97 Å². The van der Waals surface area contributed by atoms with Crippen molar-refractivity contribution in [3.63, 3.8) is 0 Å². The van der Waals surface area contributed by atoms with Crippen molar-refractivity contribution in [2.45, 2.75) is 0 Å². The summed E-state index contributed by atoms with van der Waals surface area (Å²) < 4.78 is 4.72. The highest BCUT2D eigenvalue weighted by molar-refractivity contribution is 6.31. The standard InChI is InChI=1S/C48H30N4/c1-3-14-31(15-4-1)34-19-13-20-35(30-34)51-42-28-29-43-44(45(42)39-27-26-32-16-7-8-21-36(32)47(39)51)38-23-10-12-25-41(38)52(43)48-49-40-24-11-9-22-37(40)46(50-48)33-17-5-2-6-18-33/h1-30H. The van der Waals surface area contributed by atoms with Gasteiger partial charge in [-0.25, -0.2) is 9.97 Å². The molecule has 4 nitrogen and oxygen atoms in total. The minimum Gasteiger partial charge on any atom is -0.309 e. The lowest BCUT2D eigenvalue weighted by Crippen LogP contribution is -2.03. The quantitative estimate of drug-likeness (QED) is 0.188. The summed E-state index contributed by atoms with van der Waals surface area (Å²) in [5.74, 6) is 0.660. The van der Waals surface area contributed by atoms with Gasteiger partial charge in [0.05, 0.1) is 33.3 Å². The molecule has 0 bridgehead atoms. The monoisotopic (exact) mass is 662 g/mol. The van der Waals surface area contributed by atoms with Gasteiger partial charge in [0.1, 0.15) is 0 Å². The summed E-state index contributed by atoms with van der Waals surface area (Å²) in [6, 6.07) is 64.8. The van der Waals surface area contributed by atoms with Crippen molar-refractivity contribution in [2.75, 3.05) is 0 Å². The van der Waals surface area contributed by atoms with Crippen molar-refractivity contribution in [2.24, 2.45) is 0 Å². The van der Waals surface area contributed by atoms with Gasteiger partial charge in [0, 0.05) is 43.6 Å². The zero-order valence-electron chi connectivity index (χ0n) is 28.1. The lowest BCUT2D eigenvalue weighted by Gasteiger charge is -2.12. The fraction of sp³-hybridized carbons (Fsp3) is 0. The van der Waals surface area contributed by atoms with Gasteiger partial charge in [-0.05, 0) is 52.9 Å². The molecule has 242 valence electrons. The van der Waals surface area contributed by atoms with Gasteiger partial charge in [0.15, 0.2) is 0 Å². The van der Waals surface area contributed by atoms with Crippen LogP contribution in [0.2, 0.25) is 0 Å². The fourth-order valence-electron chi connectivity index (χ4n) is 8.25. The summed E-state index contributed by atoms with van der Waals surface area (Å²) >= 11 is 0. The van der Waals surface area contributed by atoms with Crippen molar-refractivity contribution in [3.05, 3.63) is 182 Å². The number of fused-ring (bicyclic) bond motifs is 10. The molecular formula is C48H30N4. The van der Waals surface area contributed by atoms with Crippen LogP contribution in [0.5, 0.6) is 0 Å². The van der Waals surface area contributed by atoms with Gasteiger partial charge in [-0.3, -0.25) is 4.57 Å². The van der Waals surface area contributed by atoms with E-state index >= 15 is 0 Å². The Labute approximate surface area is 299 Å². The van der Waals surface area contributed by atoms with E-state index in [-0.39, 0.29) is 0 Å². The maximum Gasteiger partial charge on any atom is 0.235 e. The number of para-hydroxylation sites is 2. The first-order valence-corrected chi connectivity index (χ1v) is 17.7. The van der Waals surface area contributed by atoms with Crippen molar-refractivity contribution in [1.29, 1.82) is 0 Å². The lowest BCUT2D eigenvalue weighted by molar-refractivity contribution is 1.01. The van der Waals surface area contributed by atoms with Crippen LogP contribution in [-0.2, 0) is 0 Å². The number of hydrogen-bond donors (Lipinski definition) is 0. The van der Waals surface area contributed by atoms with Crippen molar-refractivity contribution < 1.29 is 0 Å². The van der Waals surface area contributed by atoms with Gasteiger partial charge < -0.3 is 4.57 Å². The average Bonchev–Trinajstić information content (AvgIpc) is 3.74. The Morgan fingerprint density at radius 1 is 0.365 bits per heavy atom. The van der Waals surface area contributed by atoms with Crippen molar-refractivity contribution in [1.82, 2.24) is 19.1 Å². The third kappa shape index (κ3) is 4.21. The first-order valence-electron chi connectivity index (χ1n) is 17.7. The Morgan fingerprint density at radius 3 is 1.83 bits per heavy atom. The van der Waals surface area contributed by atoms with E-state index in [2.05, 4.69) is 185 Å². The molecule has 0 saturated heterocycles. The summed E-state index contributed by atoms with van der Waals surface area (Å²) in [6.07, 6.45) is 0. The van der Waals surface area contributed by atoms with Gasteiger partial charge in [-0.1, -0.05) is 146 Å². The van der Waals surface area contributed by atoms with Crippen LogP contribution in [-0.4, -0.2) is 19.1 Å². The van der Waals surface area contributed by atoms with E-state index in [1.54, 1.807) is 0 Å². The Morgan fingerprint density at radius 2 is 1.00 bits per heavy atom. The molecular weight excluding hydrogens is 633 g/mol. The molecule has 0 radical (unpaired) electrons. The molecule has 8 aromatic carbocycles. The molecule has 0 spiro atoms. The van der Waals surface area contributed by atoms with Crippen LogP contribution in [0.1, 0.15) is 0 Å². The smallest absolute Gasteiger partial charge is 0.235 e. The molecule has 0 aliphatic heterocycles. The molecule has 3 heterocycles. The second-order valence-electron chi connectivity index (χ2n) is 13.4. The zero-order chi connectivity index (χ0) is 34.2. The number of nitrogens with zero attached hydrogens (tertiary/aromatic N) is 4. The molecule has 0 aliphatic carbocycles. The van der Waals surface area contributed by atoms with Crippen LogP contribution in [0, 0.1) is 0 Å². The molecule has 0 fully saturated rings. The zero-order valence-corrected chi connectivity index (χ0v) is 28.1. The molecule has 0 amide bonds. The summed E-state index contributed by atoms with van der Waals surface area (Å²) in [7, 11) is 0. The van der Waals surface area contributed by atoms with Gasteiger partial charge in [0.2, 0.25) is 5.95 Å². The van der Waals surface area contributed by atoms with E-state index in [1.165, 1.54) is 49.0 Å². The van der Waals surface area contributed by atoms with E-state index in [0.29, 0.717) is 5.95 Å². The minimum absolute atomic E-state index is 0.660. The maximum absolute atomic E-state index is 5.34. The fourth-order valence-corrected chi connectivity index (χ4v) is 8.25. The molecule has 52 heavy (non-hydrogen) atoms. The molecule has 0 N–H and O–H groups in total. The van der Waals surface area contributed by atoms with E-state index < -0.39 is 0 Å². The van der Waals surface area contributed by atoms with E-state index in [1.807, 2.05) is 6.07 Å². The molecule has 11 rings (SSSR count). The predicted octanol–water partition coefficient (Wildman–Crippen LogP) is 12.3. The van der Waals surface area contributed by atoms with Crippen LogP contribution >= 0.6 is 0 Å². The number of hydrogen-bond acceptors (Lipinski definition) is 2. The van der Waals surface area contributed by atoms with Gasteiger partial charge in [0.25, 0.3) is 0 Å². The minimum atomic E-state index is 0.660. The third-order valence-corrected chi connectivity index (χ3v) is 10.5. The molecule has 3 aromatic heterocycles. The highest BCUT2D eigenvalue weighted by Gasteiger charge is 2.23. The highest BCUT2D eigenvalue weighted by Crippen LogP contribution is 2.44. The van der Waals surface area contributed by atoms with Crippen LogP contribution in [0.15, 0.2) is 182 Å². The van der Waals surface area contributed by atoms with Gasteiger partial charge >= 0.3 is 0 Å². The van der Waals surface area contributed by atoms with Crippen molar-refractivity contribution in [3.8, 4) is 34.0 Å². The second-order valence-corrected chi connectivity index (χ2v) is 13.4.